The van der Waals surface area contributed by atoms with Crippen molar-refractivity contribution in [2.45, 2.75) is 6.42 Å². The fourth-order valence-corrected chi connectivity index (χ4v) is 5.74. The van der Waals surface area contributed by atoms with Gasteiger partial charge < -0.3 is 20.0 Å². The lowest BCUT2D eigenvalue weighted by atomic mass is 10.1. The van der Waals surface area contributed by atoms with Crippen LogP contribution < -0.4 is 9.80 Å². The molecule has 4 aromatic rings. The van der Waals surface area contributed by atoms with Crippen LogP contribution in [0.3, 0.4) is 0 Å². The minimum absolute atomic E-state index is 0.260. The number of hydrogen-bond donors (Lipinski definition) is 2. The zero-order valence-electron chi connectivity index (χ0n) is 21.1. The molecule has 2 aromatic carbocycles. The predicted molar refractivity (Wildman–Crippen MR) is 149 cm³/mol. The van der Waals surface area contributed by atoms with E-state index >= 15 is 0 Å². The van der Waals surface area contributed by atoms with Crippen molar-refractivity contribution in [3.8, 4) is 11.5 Å². The lowest BCUT2D eigenvalue weighted by molar-refractivity contribution is 0.213. The van der Waals surface area contributed by atoms with Crippen molar-refractivity contribution in [3.05, 3.63) is 60.9 Å². The minimum atomic E-state index is 0.260. The summed E-state index contributed by atoms with van der Waals surface area (Å²) in [6.07, 6.45) is 4.87. The number of hydrogen-bond acceptors (Lipinski definition) is 8. The van der Waals surface area contributed by atoms with Crippen LogP contribution in [0.5, 0.6) is 11.5 Å². The van der Waals surface area contributed by atoms with Gasteiger partial charge in [0.2, 0.25) is 0 Å². The summed E-state index contributed by atoms with van der Waals surface area (Å²) in [5.41, 5.74) is 4.11. The first-order valence-electron chi connectivity index (χ1n) is 13.2. The van der Waals surface area contributed by atoms with E-state index in [0.717, 1.165) is 87.3 Å². The fraction of sp³-hybridized carbons (Fsp3) is 0.379. The van der Waals surface area contributed by atoms with E-state index in [1.807, 2.05) is 24.5 Å². The number of piperazine rings is 2. The maximum Gasteiger partial charge on any atom is 0.117 e. The Hall–Kier alpha value is -3.62. The third-order valence-electron chi connectivity index (χ3n) is 7.78. The first-order chi connectivity index (χ1) is 18.1. The molecule has 0 unspecified atom stereocenters. The van der Waals surface area contributed by atoms with Gasteiger partial charge in [0.05, 0.1) is 11.0 Å². The summed E-state index contributed by atoms with van der Waals surface area (Å²) >= 11 is 0. The summed E-state index contributed by atoms with van der Waals surface area (Å²) in [5, 5.41) is 21.8. The van der Waals surface area contributed by atoms with Gasteiger partial charge in [0.15, 0.2) is 0 Å². The minimum Gasteiger partial charge on any atom is -0.508 e. The van der Waals surface area contributed by atoms with E-state index in [4.69, 9.17) is 0 Å². The van der Waals surface area contributed by atoms with E-state index < -0.39 is 0 Å². The molecule has 8 nitrogen and oxygen atoms in total. The van der Waals surface area contributed by atoms with Gasteiger partial charge in [-0.2, -0.15) is 0 Å². The Morgan fingerprint density at radius 3 is 1.43 bits per heavy atom. The van der Waals surface area contributed by atoms with E-state index in [1.165, 1.54) is 17.8 Å². The first-order valence-corrected chi connectivity index (χ1v) is 13.2. The highest BCUT2D eigenvalue weighted by molar-refractivity contribution is 5.93. The third-order valence-corrected chi connectivity index (χ3v) is 7.78. The van der Waals surface area contributed by atoms with Gasteiger partial charge >= 0.3 is 0 Å². The fourth-order valence-electron chi connectivity index (χ4n) is 5.74. The van der Waals surface area contributed by atoms with Gasteiger partial charge in [0.1, 0.15) is 11.5 Å². The molecule has 2 fully saturated rings. The summed E-state index contributed by atoms with van der Waals surface area (Å²) in [7, 11) is 0. The predicted octanol–water partition coefficient (Wildman–Crippen LogP) is 3.53. The normalized spacial score (nSPS) is 17.6. The van der Waals surface area contributed by atoms with Crippen molar-refractivity contribution in [1.29, 1.82) is 0 Å². The van der Waals surface area contributed by atoms with Gasteiger partial charge in [-0.1, -0.05) is 0 Å². The number of aromatic nitrogens is 2. The molecule has 2 saturated heterocycles. The monoisotopic (exact) mass is 498 g/mol. The van der Waals surface area contributed by atoms with Crippen LogP contribution in [0, 0.1) is 0 Å². The number of nitrogens with zero attached hydrogens (tertiary/aromatic N) is 6. The van der Waals surface area contributed by atoms with Gasteiger partial charge in [0, 0.05) is 99.0 Å². The van der Waals surface area contributed by atoms with Gasteiger partial charge in [0.25, 0.3) is 0 Å². The molecule has 2 aliphatic rings. The van der Waals surface area contributed by atoms with Gasteiger partial charge in [-0.25, -0.2) is 0 Å². The summed E-state index contributed by atoms with van der Waals surface area (Å²) in [6, 6.07) is 15.1. The van der Waals surface area contributed by atoms with Gasteiger partial charge in [-0.05, 0) is 55.9 Å². The van der Waals surface area contributed by atoms with E-state index in [1.54, 1.807) is 24.3 Å². The number of fused-ring (bicyclic) bond motifs is 2. The molecule has 0 atom stereocenters. The second-order valence-corrected chi connectivity index (χ2v) is 10.1. The average Bonchev–Trinajstić information content (AvgIpc) is 2.93. The second-order valence-electron chi connectivity index (χ2n) is 10.1. The summed E-state index contributed by atoms with van der Waals surface area (Å²) < 4.78 is 0. The molecule has 0 amide bonds. The first kappa shape index (κ1) is 23.8. The van der Waals surface area contributed by atoms with Crippen molar-refractivity contribution in [1.82, 2.24) is 19.8 Å². The molecule has 2 N–H and O–H groups in total. The number of rotatable bonds is 6. The largest absolute Gasteiger partial charge is 0.508 e. The van der Waals surface area contributed by atoms with Crippen molar-refractivity contribution >= 4 is 33.2 Å². The molecule has 0 bridgehead atoms. The lowest BCUT2D eigenvalue weighted by Crippen LogP contribution is -2.48. The van der Waals surface area contributed by atoms with Crippen molar-refractivity contribution in [2.75, 3.05) is 75.2 Å². The topological polar surface area (TPSA) is 79.2 Å². The van der Waals surface area contributed by atoms with E-state index in [9.17, 15) is 10.2 Å². The van der Waals surface area contributed by atoms with Crippen LogP contribution in [0.25, 0.3) is 21.8 Å². The molecular formula is C29H34N6O2. The summed E-state index contributed by atoms with van der Waals surface area (Å²) in [5.74, 6) is 0.519. The van der Waals surface area contributed by atoms with Crippen LogP contribution in [0.1, 0.15) is 6.42 Å². The van der Waals surface area contributed by atoms with E-state index in [-0.39, 0.29) is 11.5 Å². The maximum absolute atomic E-state index is 9.78. The number of phenolic OH excluding ortho intramolecular Hbond substituents is 2. The molecule has 0 aliphatic carbocycles. The molecule has 37 heavy (non-hydrogen) atoms. The Balaban J connectivity index is 0.965. The average molecular weight is 499 g/mol. The smallest absolute Gasteiger partial charge is 0.117 e. The summed E-state index contributed by atoms with van der Waals surface area (Å²) in [6.45, 7) is 10.6. The van der Waals surface area contributed by atoms with Crippen molar-refractivity contribution in [2.24, 2.45) is 0 Å². The van der Waals surface area contributed by atoms with Crippen molar-refractivity contribution in [3.63, 3.8) is 0 Å². The molecule has 4 heterocycles. The standard InChI is InChI=1S/C29H34N6O2/c36-22-2-4-24-26(20-22)30-8-6-28(24)34-16-12-32(13-17-34)10-1-11-33-14-18-35(19-15-33)29-7-9-31-27-21-23(37)3-5-25(27)29/h2-9,20-21,36-37H,1,10-19H2. The lowest BCUT2D eigenvalue weighted by Gasteiger charge is -2.38. The molecule has 0 spiro atoms. The zero-order valence-corrected chi connectivity index (χ0v) is 21.1. The third kappa shape index (κ3) is 5.12. The molecule has 0 radical (unpaired) electrons. The van der Waals surface area contributed by atoms with Crippen LogP contribution in [0.15, 0.2) is 60.9 Å². The van der Waals surface area contributed by atoms with Crippen molar-refractivity contribution < 1.29 is 10.2 Å². The van der Waals surface area contributed by atoms with Crippen LogP contribution in [0.4, 0.5) is 11.4 Å². The van der Waals surface area contributed by atoms with Crippen LogP contribution >= 0.6 is 0 Å². The molecule has 2 aromatic heterocycles. The molecular weight excluding hydrogens is 464 g/mol. The summed E-state index contributed by atoms with van der Waals surface area (Å²) in [4.78, 5) is 18.9. The highest BCUT2D eigenvalue weighted by atomic mass is 16.3. The molecule has 192 valence electrons. The quantitative estimate of drug-likeness (QED) is 0.418. The Morgan fingerprint density at radius 1 is 0.568 bits per heavy atom. The Kier molecular flexibility index (Phi) is 6.68. The highest BCUT2D eigenvalue weighted by Crippen LogP contribution is 2.30. The maximum atomic E-state index is 9.78. The second kappa shape index (κ2) is 10.4. The van der Waals surface area contributed by atoms with E-state index in [2.05, 4.69) is 41.7 Å². The van der Waals surface area contributed by atoms with E-state index in [0.29, 0.717) is 0 Å². The SMILES string of the molecule is Oc1ccc2c(N3CCN(CCCN4CCN(c5ccnc6cc(O)ccc56)CC4)CC3)ccnc2c1. The number of aromatic hydroxyl groups is 2. The molecule has 8 heteroatoms. The van der Waals surface area contributed by atoms with Crippen LogP contribution in [-0.2, 0) is 0 Å². The number of anilines is 2. The zero-order chi connectivity index (χ0) is 25.2. The van der Waals surface area contributed by atoms with Crippen LogP contribution in [-0.4, -0.2) is 95.4 Å². The van der Waals surface area contributed by atoms with Crippen LogP contribution in [0.2, 0.25) is 0 Å². The van der Waals surface area contributed by atoms with Gasteiger partial charge in [-0.3, -0.25) is 19.8 Å². The Morgan fingerprint density at radius 2 is 1.00 bits per heavy atom. The highest BCUT2D eigenvalue weighted by Gasteiger charge is 2.21. The van der Waals surface area contributed by atoms with Gasteiger partial charge in [-0.15, -0.1) is 0 Å². The Bertz CT molecular complexity index is 1270. The molecule has 6 rings (SSSR count). The molecule has 0 saturated carbocycles. The number of pyridine rings is 2. The Labute approximate surface area is 217 Å². The number of phenols is 2. The molecule has 2 aliphatic heterocycles. The number of benzene rings is 2.